The normalized spacial score (nSPS) is 17.8. The van der Waals surface area contributed by atoms with Gasteiger partial charge in [-0.3, -0.25) is 14.4 Å². The lowest BCUT2D eigenvalue weighted by Gasteiger charge is -2.29. The SMILES string of the molecule is CC(C)CC(NC(=O)C1CCCN1C(=O)C(N)CCCCN)C(=O)NC(Cc1ccc(O)cc1)C(=O)O. The van der Waals surface area contributed by atoms with Crippen molar-refractivity contribution >= 4 is 23.7 Å². The Balaban J connectivity index is 2.07. The number of carboxylic acids is 1. The summed E-state index contributed by atoms with van der Waals surface area (Å²) in [5.41, 5.74) is 12.2. The van der Waals surface area contributed by atoms with Crippen LogP contribution in [-0.4, -0.2) is 76.1 Å². The van der Waals surface area contributed by atoms with Crippen molar-refractivity contribution in [1.29, 1.82) is 0 Å². The van der Waals surface area contributed by atoms with Crippen molar-refractivity contribution in [2.45, 2.75) is 83.0 Å². The Kier molecular flexibility index (Phi) is 11.8. The molecule has 11 nitrogen and oxygen atoms in total. The highest BCUT2D eigenvalue weighted by molar-refractivity contribution is 5.94. The van der Waals surface area contributed by atoms with Crippen LogP contribution in [0.1, 0.15) is 57.9 Å². The molecule has 1 aliphatic heterocycles. The van der Waals surface area contributed by atoms with Crippen molar-refractivity contribution < 1.29 is 29.4 Å². The Bertz CT molecular complexity index is 923. The zero-order valence-corrected chi connectivity index (χ0v) is 21.7. The number of carbonyl (C=O) groups excluding carboxylic acids is 3. The summed E-state index contributed by atoms with van der Waals surface area (Å²) >= 11 is 0. The lowest BCUT2D eigenvalue weighted by atomic mass is 10.0. The van der Waals surface area contributed by atoms with E-state index in [-0.39, 0.29) is 24.0 Å². The fourth-order valence-electron chi connectivity index (χ4n) is 4.46. The minimum Gasteiger partial charge on any atom is -0.508 e. The van der Waals surface area contributed by atoms with Crippen LogP contribution in [-0.2, 0) is 25.6 Å². The summed E-state index contributed by atoms with van der Waals surface area (Å²) in [6.45, 7) is 4.72. The number of carboxylic acid groups (broad SMARTS) is 1. The number of phenols is 1. The van der Waals surface area contributed by atoms with E-state index in [1.807, 2.05) is 13.8 Å². The van der Waals surface area contributed by atoms with Gasteiger partial charge in [0, 0.05) is 13.0 Å². The fraction of sp³-hybridized carbons (Fsp3) is 0.615. The maximum absolute atomic E-state index is 13.2. The molecule has 37 heavy (non-hydrogen) atoms. The first-order valence-electron chi connectivity index (χ1n) is 12.9. The highest BCUT2D eigenvalue weighted by atomic mass is 16.4. The van der Waals surface area contributed by atoms with Crippen LogP contribution in [0.2, 0.25) is 0 Å². The number of aliphatic carboxylic acids is 1. The maximum atomic E-state index is 13.2. The van der Waals surface area contributed by atoms with E-state index in [0.717, 1.165) is 12.8 Å². The Morgan fingerprint density at radius 1 is 1.08 bits per heavy atom. The number of aromatic hydroxyl groups is 1. The number of rotatable bonds is 14. The number of nitrogens with one attached hydrogen (secondary N) is 2. The third-order valence-electron chi connectivity index (χ3n) is 6.46. The molecule has 0 spiro atoms. The largest absolute Gasteiger partial charge is 0.508 e. The van der Waals surface area contributed by atoms with Crippen LogP contribution in [0.15, 0.2) is 24.3 Å². The molecule has 1 fully saturated rings. The Morgan fingerprint density at radius 3 is 2.35 bits per heavy atom. The van der Waals surface area contributed by atoms with Gasteiger partial charge in [-0.15, -0.1) is 0 Å². The van der Waals surface area contributed by atoms with Crippen LogP contribution in [0.25, 0.3) is 0 Å². The number of phenolic OH excluding ortho intramolecular Hbond substituents is 1. The molecule has 206 valence electrons. The number of hydrogen-bond acceptors (Lipinski definition) is 7. The van der Waals surface area contributed by atoms with Crippen molar-refractivity contribution in [3.8, 4) is 5.75 Å². The van der Waals surface area contributed by atoms with Crippen LogP contribution in [0.3, 0.4) is 0 Å². The fourth-order valence-corrected chi connectivity index (χ4v) is 4.46. The summed E-state index contributed by atoms with van der Waals surface area (Å²) in [4.78, 5) is 52.5. The quantitative estimate of drug-likeness (QED) is 0.191. The molecule has 11 heteroatoms. The van der Waals surface area contributed by atoms with E-state index in [9.17, 15) is 29.4 Å². The van der Waals surface area contributed by atoms with Crippen LogP contribution in [0.4, 0.5) is 0 Å². The third kappa shape index (κ3) is 9.32. The molecule has 4 unspecified atom stereocenters. The number of likely N-dealkylation sites (tertiary alicyclic amines) is 1. The summed E-state index contributed by atoms with van der Waals surface area (Å²) in [7, 11) is 0. The summed E-state index contributed by atoms with van der Waals surface area (Å²) in [5, 5.41) is 24.4. The summed E-state index contributed by atoms with van der Waals surface area (Å²) in [5.74, 6) is -2.48. The second-order valence-corrected chi connectivity index (χ2v) is 10.0. The number of hydrogen-bond donors (Lipinski definition) is 6. The average Bonchev–Trinajstić information content (AvgIpc) is 3.33. The van der Waals surface area contributed by atoms with Gasteiger partial charge in [-0.1, -0.05) is 32.4 Å². The standard InChI is InChI=1S/C26H41N5O6/c1-16(2)14-20(23(33)30-21(26(36)37)15-17-8-10-18(32)11-9-17)29-24(34)22-7-5-13-31(22)25(35)19(28)6-3-4-12-27/h8-11,16,19-22,32H,3-7,12-15,27-28H2,1-2H3,(H,29,34)(H,30,33)(H,36,37). The Morgan fingerprint density at radius 2 is 1.76 bits per heavy atom. The van der Waals surface area contributed by atoms with E-state index in [2.05, 4.69) is 10.6 Å². The summed E-state index contributed by atoms with van der Waals surface area (Å²) in [6, 6.07) is 2.40. The first kappa shape index (κ1) is 30.0. The molecule has 1 heterocycles. The van der Waals surface area contributed by atoms with E-state index >= 15 is 0 Å². The monoisotopic (exact) mass is 519 g/mol. The number of nitrogens with two attached hydrogens (primary N) is 2. The van der Waals surface area contributed by atoms with Gasteiger partial charge in [-0.05, 0) is 62.3 Å². The van der Waals surface area contributed by atoms with Gasteiger partial charge in [0.2, 0.25) is 17.7 Å². The van der Waals surface area contributed by atoms with Crippen molar-refractivity contribution in [2.75, 3.05) is 13.1 Å². The predicted octanol–water partition coefficient (Wildman–Crippen LogP) is 0.482. The number of benzene rings is 1. The van der Waals surface area contributed by atoms with Crippen LogP contribution >= 0.6 is 0 Å². The lowest BCUT2D eigenvalue weighted by Crippen LogP contribution is -2.57. The molecule has 0 radical (unpaired) electrons. The number of amides is 3. The Hall–Kier alpha value is -3.18. The minimum absolute atomic E-state index is 0.0106. The minimum atomic E-state index is -1.22. The summed E-state index contributed by atoms with van der Waals surface area (Å²) < 4.78 is 0. The molecular weight excluding hydrogens is 478 g/mol. The van der Waals surface area contributed by atoms with Crippen molar-refractivity contribution in [1.82, 2.24) is 15.5 Å². The average molecular weight is 520 g/mol. The molecule has 2 rings (SSSR count). The van der Waals surface area contributed by atoms with Crippen molar-refractivity contribution in [3.63, 3.8) is 0 Å². The number of unbranched alkanes of at least 4 members (excludes halogenated alkanes) is 1. The van der Waals surface area contributed by atoms with Crippen LogP contribution in [0, 0.1) is 5.92 Å². The van der Waals surface area contributed by atoms with Gasteiger partial charge >= 0.3 is 5.97 Å². The lowest BCUT2D eigenvalue weighted by molar-refractivity contribution is -0.143. The molecule has 1 aliphatic rings. The second-order valence-electron chi connectivity index (χ2n) is 10.0. The van der Waals surface area contributed by atoms with Gasteiger partial charge < -0.3 is 37.2 Å². The zero-order chi connectivity index (χ0) is 27.5. The number of nitrogens with zero attached hydrogens (tertiary/aromatic N) is 1. The molecule has 0 aromatic heterocycles. The van der Waals surface area contributed by atoms with E-state index in [1.54, 1.807) is 12.1 Å². The molecule has 0 aliphatic carbocycles. The maximum Gasteiger partial charge on any atom is 0.326 e. The van der Waals surface area contributed by atoms with Gasteiger partial charge in [0.25, 0.3) is 0 Å². The molecule has 1 aromatic rings. The van der Waals surface area contributed by atoms with Gasteiger partial charge in [-0.25, -0.2) is 4.79 Å². The first-order chi connectivity index (χ1) is 17.5. The second kappa shape index (κ2) is 14.5. The van der Waals surface area contributed by atoms with Gasteiger partial charge in [0.05, 0.1) is 6.04 Å². The van der Waals surface area contributed by atoms with Gasteiger partial charge in [0.1, 0.15) is 23.9 Å². The van der Waals surface area contributed by atoms with E-state index in [0.29, 0.717) is 44.3 Å². The molecule has 3 amide bonds. The van der Waals surface area contributed by atoms with Crippen molar-refractivity contribution in [2.24, 2.45) is 17.4 Å². The molecule has 0 bridgehead atoms. The highest BCUT2D eigenvalue weighted by Crippen LogP contribution is 2.20. The van der Waals surface area contributed by atoms with Gasteiger partial charge in [-0.2, -0.15) is 0 Å². The van der Waals surface area contributed by atoms with Gasteiger partial charge in [0.15, 0.2) is 0 Å². The summed E-state index contributed by atoms with van der Waals surface area (Å²) in [6.07, 6.45) is 3.38. The van der Waals surface area contributed by atoms with E-state index < -0.39 is 42.0 Å². The molecule has 4 atom stereocenters. The topological polar surface area (TPSA) is 188 Å². The van der Waals surface area contributed by atoms with Crippen LogP contribution in [0.5, 0.6) is 5.75 Å². The molecule has 0 saturated carbocycles. The predicted molar refractivity (Wildman–Crippen MR) is 138 cm³/mol. The first-order valence-corrected chi connectivity index (χ1v) is 12.9. The zero-order valence-electron chi connectivity index (χ0n) is 21.7. The Labute approximate surface area is 217 Å². The smallest absolute Gasteiger partial charge is 0.326 e. The van der Waals surface area contributed by atoms with Crippen LogP contribution < -0.4 is 22.1 Å². The van der Waals surface area contributed by atoms with E-state index in [1.165, 1.54) is 17.0 Å². The van der Waals surface area contributed by atoms with Crippen molar-refractivity contribution in [3.05, 3.63) is 29.8 Å². The molecule has 8 N–H and O–H groups in total. The van der Waals surface area contributed by atoms with E-state index in [4.69, 9.17) is 11.5 Å². The molecular formula is C26H41N5O6. The molecule has 1 saturated heterocycles. The molecule has 1 aromatic carbocycles. The third-order valence-corrected chi connectivity index (χ3v) is 6.46. The number of carbonyl (C=O) groups is 4. The highest BCUT2D eigenvalue weighted by Gasteiger charge is 2.38.